The zero-order chi connectivity index (χ0) is 11.4. The summed E-state index contributed by atoms with van der Waals surface area (Å²) in [6.45, 7) is 3.07. The van der Waals surface area contributed by atoms with Crippen molar-refractivity contribution < 1.29 is 0 Å². The highest BCUT2D eigenvalue weighted by atomic mass is 32.2. The Morgan fingerprint density at radius 1 is 1.50 bits per heavy atom. The molecule has 16 heavy (non-hydrogen) atoms. The van der Waals surface area contributed by atoms with Gasteiger partial charge in [-0.3, -0.25) is 4.79 Å². The first kappa shape index (κ1) is 11.5. The van der Waals surface area contributed by atoms with Crippen molar-refractivity contribution >= 4 is 17.6 Å². The maximum absolute atomic E-state index is 11.8. The summed E-state index contributed by atoms with van der Waals surface area (Å²) < 4.78 is 0. The lowest BCUT2D eigenvalue weighted by molar-refractivity contribution is 0.788. The molecule has 0 radical (unpaired) electrons. The van der Waals surface area contributed by atoms with Crippen LogP contribution in [0.15, 0.2) is 4.79 Å². The van der Waals surface area contributed by atoms with E-state index in [0.29, 0.717) is 0 Å². The normalized spacial score (nSPS) is 14.3. The fourth-order valence-electron chi connectivity index (χ4n) is 1.78. The summed E-state index contributed by atoms with van der Waals surface area (Å²) in [4.78, 5) is 19.1. The summed E-state index contributed by atoms with van der Waals surface area (Å²) in [5, 5.41) is 3.19. The molecule has 0 amide bonds. The second-order valence-corrected chi connectivity index (χ2v) is 5.03. The summed E-state index contributed by atoms with van der Waals surface area (Å²) in [7, 11) is 0. The van der Waals surface area contributed by atoms with Crippen LogP contribution in [0.1, 0.15) is 31.2 Å². The summed E-state index contributed by atoms with van der Waals surface area (Å²) in [5.74, 6) is 3.48. The van der Waals surface area contributed by atoms with Gasteiger partial charge in [0.25, 0.3) is 5.56 Å². The smallest absolute Gasteiger partial charge is 0.256 e. The molecule has 0 spiro atoms. The average molecular weight is 239 g/mol. The standard InChI is InChI=1S/C11H17N3OS/c1-2-6-16-7-9-13-10-8(11(15)14-9)4-3-5-12-10/h2-7H2,1H3,(H2,12,13,14,15). The molecule has 0 aliphatic carbocycles. The van der Waals surface area contributed by atoms with E-state index in [2.05, 4.69) is 22.2 Å². The van der Waals surface area contributed by atoms with Gasteiger partial charge < -0.3 is 10.3 Å². The van der Waals surface area contributed by atoms with E-state index < -0.39 is 0 Å². The number of aromatic nitrogens is 2. The minimum Gasteiger partial charge on any atom is -0.370 e. The third-order valence-corrected chi connectivity index (χ3v) is 3.72. The fourth-order valence-corrected chi connectivity index (χ4v) is 2.54. The molecule has 0 aromatic carbocycles. The van der Waals surface area contributed by atoms with E-state index in [0.717, 1.165) is 54.5 Å². The molecule has 0 saturated heterocycles. The highest BCUT2D eigenvalue weighted by Gasteiger charge is 2.14. The molecule has 0 atom stereocenters. The van der Waals surface area contributed by atoms with Crippen LogP contribution in [-0.2, 0) is 12.2 Å². The molecule has 0 saturated carbocycles. The molecule has 2 heterocycles. The zero-order valence-corrected chi connectivity index (χ0v) is 10.3. The number of thioether (sulfide) groups is 1. The topological polar surface area (TPSA) is 57.8 Å². The Labute approximate surface area is 99.3 Å². The highest BCUT2D eigenvalue weighted by Crippen LogP contribution is 2.16. The molecule has 88 valence electrons. The monoisotopic (exact) mass is 239 g/mol. The van der Waals surface area contributed by atoms with Crippen LogP contribution >= 0.6 is 11.8 Å². The Bertz CT molecular complexity index is 416. The molecule has 1 aliphatic heterocycles. The molecule has 0 bridgehead atoms. The van der Waals surface area contributed by atoms with E-state index in [-0.39, 0.29) is 5.56 Å². The molecule has 2 N–H and O–H groups in total. The third kappa shape index (κ3) is 2.58. The predicted octanol–water partition coefficient (Wildman–Crippen LogP) is 1.77. The summed E-state index contributed by atoms with van der Waals surface area (Å²) >= 11 is 1.81. The van der Waals surface area contributed by atoms with Crippen LogP contribution in [0.2, 0.25) is 0 Å². The number of anilines is 1. The lowest BCUT2D eigenvalue weighted by atomic mass is 10.1. The number of fused-ring (bicyclic) bond motifs is 1. The van der Waals surface area contributed by atoms with Crippen molar-refractivity contribution in [2.24, 2.45) is 0 Å². The molecule has 1 aromatic heterocycles. The Kier molecular flexibility index (Phi) is 3.88. The molecule has 2 rings (SSSR count). The first-order chi connectivity index (χ1) is 7.81. The Hall–Kier alpha value is -0.970. The number of aromatic amines is 1. The molecule has 0 unspecified atom stereocenters. The van der Waals surface area contributed by atoms with Crippen LogP contribution in [0, 0.1) is 0 Å². The second-order valence-electron chi connectivity index (χ2n) is 3.92. The first-order valence-corrected chi connectivity index (χ1v) is 6.90. The van der Waals surface area contributed by atoms with E-state index in [4.69, 9.17) is 0 Å². The van der Waals surface area contributed by atoms with Gasteiger partial charge in [0.15, 0.2) is 0 Å². The van der Waals surface area contributed by atoms with Gasteiger partial charge in [-0.15, -0.1) is 0 Å². The summed E-state index contributed by atoms with van der Waals surface area (Å²) in [6, 6.07) is 0. The minimum atomic E-state index is 0.0318. The molecular weight excluding hydrogens is 222 g/mol. The number of nitrogens with one attached hydrogen (secondary N) is 2. The number of rotatable bonds is 4. The molecule has 0 fully saturated rings. The molecule has 1 aromatic rings. The predicted molar refractivity (Wildman–Crippen MR) is 68.1 cm³/mol. The van der Waals surface area contributed by atoms with Gasteiger partial charge in [0, 0.05) is 6.54 Å². The summed E-state index contributed by atoms with van der Waals surface area (Å²) in [5.41, 5.74) is 0.847. The van der Waals surface area contributed by atoms with E-state index in [1.807, 2.05) is 0 Å². The first-order valence-electron chi connectivity index (χ1n) is 5.75. The van der Waals surface area contributed by atoms with Crippen LogP contribution in [0.5, 0.6) is 0 Å². The van der Waals surface area contributed by atoms with Crippen molar-refractivity contribution in [2.75, 3.05) is 17.6 Å². The van der Waals surface area contributed by atoms with Crippen LogP contribution in [-0.4, -0.2) is 22.3 Å². The van der Waals surface area contributed by atoms with E-state index >= 15 is 0 Å². The molecular formula is C11H17N3OS. The number of nitrogens with zero attached hydrogens (tertiary/aromatic N) is 1. The third-order valence-electron chi connectivity index (χ3n) is 2.55. The molecule has 1 aliphatic rings. The van der Waals surface area contributed by atoms with Crippen molar-refractivity contribution in [3.05, 3.63) is 21.7 Å². The minimum absolute atomic E-state index is 0.0318. The van der Waals surface area contributed by atoms with Gasteiger partial charge in [-0.05, 0) is 25.0 Å². The summed E-state index contributed by atoms with van der Waals surface area (Å²) in [6.07, 6.45) is 3.01. The van der Waals surface area contributed by atoms with Crippen molar-refractivity contribution in [1.82, 2.24) is 9.97 Å². The van der Waals surface area contributed by atoms with Gasteiger partial charge in [0.2, 0.25) is 0 Å². The van der Waals surface area contributed by atoms with E-state index in [1.165, 1.54) is 0 Å². The van der Waals surface area contributed by atoms with Gasteiger partial charge in [-0.1, -0.05) is 6.92 Å². The lowest BCUT2D eigenvalue weighted by Gasteiger charge is -2.16. The van der Waals surface area contributed by atoms with Gasteiger partial charge in [-0.2, -0.15) is 11.8 Å². The maximum atomic E-state index is 11.8. The van der Waals surface area contributed by atoms with Crippen LogP contribution in [0.4, 0.5) is 5.82 Å². The number of H-pyrrole nitrogens is 1. The van der Waals surface area contributed by atoms with Crippen LogP contribution < -0.4 is 10.9 Å². The van der Waals surface area contributed by atoms with Crippen molar-refractivity contribution in [3.63, 3.8) is 0 Å². The average Bonchev–Trinajstić information content (AvgIpc) is 2.30. The number of hydrogen-bond acceptors (Lipinski definition) is 4. The maximum Gasteiger partial charge on any atom is 0.256 e. The zero-order valence-electron chi connectivity index (χ0n) is 9.51. The quantitative estimate of drug-likeness (QED) is 0.786. The SMILES string of the molecule is CCCSCc1nc2c(c(=O)[nH]1)CCCN2. The lowest BCUT2D eigenvalue weighted by Crippen LogP contribution is -2.24. The fraction of sp³-hybridized carbons (Fsp3) is 0.636. The van der Waals surface area contributed by atoms with Gasteiger partial charge in [0.05, 0.1) is 11.3 Å². The second kappa shape index (κ2) is 5.39. The van der Waals surface area contributed by atoms with Gasteiger partial charge in [-0.25, -0.2) is 4.98 Å². The van der Waals surface area contributed by atoms with Gasteiger partial charge in [0.1, 0.15) is 11.6 Å². The molecule has 5 heteroatoms. The molecule has 4 nitrogen and oxygen atoms in total. The van der Waals surface area contributed by atoms with E-state index in [1.54, 1.807) is 11.8 Å². The Balaban J connectivity index is 2.15. The van der Waals surface area contributed by atoms with Crippen LogP contribution in [0.3, 0.4) is 0 Å². The highest BCUT2D eigenvalue weighted by molar-refractivity contribution is 7.98. The Morgan fingerprint density at radius 3 is 3.19 bits per heavy atom. The number of hydrogen-bond donors (Lipinski definition) is 2. The van der Waals surface area contributed by atoms with Crippen molar-refractivity contribution in [1.29, 1.82) is 0 Å². The Morgan fingerprint density at radius 2 is 2.38 bits per heavy atom. The van der Waals surface area contributed by atoms with Gasteiger partial charge >= 0.3 is 0 Å². The van der Waals surface area contributed by atoms with E-state index in [9.17, 15) is 4.79 Å². The van der Waals surface area contributed by atoms with Crippen molar-refractivity contribution in [2.45, 2.75) is 31.9 Å². The largest absolute Gasteiger partial charge is 0.370 e. The van der Waals surface area contributed by atoms with Crippen LogP contribution in [0.25, 0.3) is 0 Å². The van der Waals surface area contributed by atoms with Crippen molar-refractivity contribution in [3.8, 4) is 0 Å².